The first-order valence-corrected chi connectivity index (χ1v) is 6.54. The fraction of sp³-hybridized carbons (Fsp3) is 0.500. The first-order valence-electron chi connectivity index (χ1n) is 6.54. The molecule has 0 bridgehead atoms. The lowest BCUT2D eigenvalue weighted by molar-refractivity contribution is -0.119. The summed E-state index contributed by atoms with van der Waals surface area (Å²) >= 11 is 0. The van der Waals surface area contributed by atoms with E-state index in [4.69, 9.17) is 10.5 Å². The summed E-state index contributed by atoms with van der Waals surface area (Å²) in [7, 11) is 0. The number of nitrogens with one attached hydrogen (secondary N) is 1. The number of carbonyl (C=O) groups is 1. The summed E-state index contributed by atoms with van der Waals surface area (Å²) < 4.78 is 5.45. The van der Waals surface area contributed by atoms with Crippen LogP contribution in [0.2, 0.25) is 0 Å². The molecule has 1 aromatic carbocycles. The van der Waals surface area contributed by atoms with Crippen molar-refractivity contribution in [2.45, 2.75) is 20.0 Å². The molecule has 2 rings (SSSR count). The van der Waals surface area contributed by atoms with Crippen molar-refractivity contribution in [3.05, 3.63) is 23.8 Å². The molecule has 1 aromatic rings. The lowest BCUT2D eigenvalue weighted by Crippen LogP contribution is -2.44. The van der Waals surface area contributed by atoms with E-state index < -0.39 is 0 Å². The largest absolute Gasteiger partial charge is 0.399 e. The topological polar surface area (TPSA) is 67.6 Å². The number of nitrogens with two attached hydrogens (primary N) is 1. The van der Waals surface area contributed by atoms with Crippen molar-refractivity contribution in [1.29, 1.82) is 0 Å². The van der Waals surface area contributed by atoms with E-state index in [9.17, 15) is 4.79 Å². The van der Waals surface area contributed by atoms with E-state index in [1.165, 1.54) is 0 Å². The minimum absolute atomic E-state index is 0.0113. The number of nitrogens with zero attached hydrogens (tertiary/aromatic N) is 1. The van der Waals surface area contributed by atoms with Crippen LogP contribution in [0.4, 0.5) is 11.4 Å². The Labute approximate surface area is 113 Å². The Bertz CT molecular complexity index is 462. The average Bonchev–Trinajstić information content (AvgIpc) is 2.34. The summed E-state index contributed by atoms with van der Waals surface area (Å²) in [5.41, 5.74) is 8.18. The maximum Gasteiger partial charge on any atom is 0.238 e. The van der Waals surface area contributed by atoms with Crippen molar-refractivity contribution < 1.29 is 9.53 Å². The second-order valence-corrected chi connectivity index (χ2v) is 5.04. The zero-order valence-corrected chi connectivity index (χ0v) is 11.5. The molecule has 104 valence electrons. The van der Waals surface area contributed by atoms with Crippen molar-refractivity contribution in [1.82, 2.24) is 4.90 Å². The summed E-state index contributed by atoms with van der Waals surface area (Å²) in [6.07, 6.45) is 0.190. The Morgan fingerprint density at radius 2 is 2.37 bits per heavy atom. The lowest BCUT2D eigenvalue weighted by atomic mass is 10.2. The van der Waals surface area contributed by atoms with Crippen LogP contribution in [0, 0.1) is 6.92 Å². The quantitative estimate of drug-likeness (QED) is 0.805. The Morgan fingerprint density at radius 3 is 3.11 bits per heavy atom. The number of nitrogen functional groups attached to an aromatic ring is 1. The number of ether oxygens (including phenoxy) is 1. The van der Waals surface area contributed by atoms with E-state index in [0.29, 0.717) is 18.8 Å². The summed E-state index contributed by atoms with van der Waals surface area (Å²) in [4.78, 5) is 14.1. The normalized spacial score (nSPS) is 20.2. The molecule has 19 heavy (non-hydrogen) atoms. The number of anilines is 2. The first kappa shape index (κ1) is 13.8. The molecule has 1 heterocycles. The minimum atomic E-state index is -0.0113. The van der Waals surface area contributed by atoms with Crippen LogP contribution in [-0.4, -0.2) is 43.2 Å². The van der Waals surface area contributed by atoms with Gasteiger partial charge in [0.05, 0.1) is 19.3 Å². The molecule has 1 fully saturated rings. The fourth-order valence-corrected chi connectivity index (χ4v) is 2.20. The molecule has 0 aliphatic carbocycles. The number of hydrogen-bond donors (Lipinski definition) is 2. The van der Waals surface area contributed by atoms with Crippen molar-refractivity contribution in [3.8, 4) is 0 Å². The monoisotopic (exact) mass is 263 g/mol. The number of aryl methyl sites for hydroxylation is 1. The van der Waals surface area contributed by atoms with Crippen LogP contribution in [0.25, 0.3) is 0 Å². The van der Waals surface area contributed by atoms with Crippen molar-refractivity contribution in [2.75, 3.05) is 37.3 Å². The van der Waals surface area contributed by atoms with Gasteiger partial charge in [0, 0.05) is 24.5 Å². The molecular formula is C14H21N3O2. The molecule has 1 unspecified atom stereocenters. The van der Waals surface area contributed by atoms with Gasteiger partial charge in [0.1, 0.15) is 0 Å². The number of morpholine rings is 1. The Kier molecular flexibility index (Phi) is 4.39. The molecular weight excluding hydrogens is 242 g/mol. The molecule has 0 saturated carbocycles. The molecule has 1 saturated heterocycles. The number of hydrogen-bond acceptors (Lipinski definition) is 4. The van der Waals surface area contributed by atoms with Gasteiger partial charge in [-0.1, -0.05) is 6.07 Å². The number of rotatable bonds is 3. The molecule has 5 nitrogen and oxygen atoms in total. The van der Waals surface area contributed by atoms with Crippen LogP contribution in [0.5, 0.6) is 0 Å². The highest BCUT2D eigenvalue weighted by atomic mass is 16.5. The van der Waals surface area contributed by atoms with Gasteiger partial charge in [0.25, 0.3) is 0 Å². The molecule has 0 aromatic heterocycles. The molecule has 1 aliphatic heterocycles. The van der Waals surface area contributed by atoms with Gasteiger partial charge in [-0.2, -0.15) is 0 Å². The summed E-state index contributed by atoms with van der Waals surface area (Å²) in [6, 6.07) is 5.52. The smallest absolute Gasteiger partial charge is 0.238 e. The van der Waals surface area contributed by atoms with Crippen LogP contribution >= 0.6 is 0 Å². The van der Waals surface area contributed by atoms with Gasteiger partial charge >= 0.3 is 0 Å². The Balaban J connectivity index is 1.92. The second-order valence-electron chi connectivity index (χ2n) is 5.04. The lowest BCUT2D eigenvalue weighted by Gasteiger charge is -2.30. The highest BCUT2D eigenvalue weighted by Crippen LogP contribution is 2.18. The molecule has 3 N–H and O–H groups in total. The van der Waals surface area contributed by atoms with Gasteiger partial charge in [-0.25, -0.2) is 0 Å². The third-order valence-corrected chi connectivity index (χ3v) is 3.23. The second kappa shape index (κ2) is 6.04. The van der Waals surface area contributed by atoms with Crippen LogP contribution < -0.4 is 11.1 Å². The summed E-state index contributed by atoms with van der Waals surface area (Å²) in [5.74, 6) is -0.0113. The van der Waals surface area contributed by atoms with Gasteiger partial charge in [-0.05, 0) is 31.5 Å². The van der Waals surface area contributed by atoms with Crippen molar-refractivity contribution in [2.24, 2.45) is 0 Å². The number of benzene rings is 1. The Morgan fingerprint density at radius 1 is 1.58 bits per heavy atom. The zero-order valence-electron chi connectivity index (χ0n) is 11.5. The predicted molar refractivity (Wildman–Crippen MR) is 76.1 cm³/mol. The first-order chi connectivity index (χ1) is 9.04. The van der Waals surface area contributed by atoms with Crippen molar-refractivity contribution >= 4 is 17.3 Å². The van der Waals surface area contributed by atoms with Gasteiger partial charge in [-0.15, -0.1) is 0 Å². The molecule has 1 atom stereocenters. The zero-order chi connectivity index (χ0) is 13.8. The maximum atomic E-state index is 12.0. The van der Waals surface area contributed by atoms with E-state index >= 15 is 0 Å². The number of carbonyl (C=O) groups excluding carboxylic acids is 1. The average molecular weight is 263 g/mol. The predicted octanol–water partition coefficient (Wildman–Crippen LogP) is 1.24. The van der Waals surface area contributed by atoms with Crippen molar-refractivity contribution in [3.63, 3.8) is 0 Å². The van der Waals surface area contributed by atoms with E-state index in [2.05, 4.69) is 10.2 Å². The van der Waals surface area contributed by atoms with Crippen LogP contribution in [0.1, 0.15) is 12.5 Å². The van der Waals surface area contributed by atoms with Gasteiger partial charge in [0.2, 0.25) is 5.91 Å². The van der Waals surface area contributed by atoms with E-state index in [-0.39, 0.29) is 12.0 Å². The third-order valence-electron chi connectivity index (χ3n) is 3.23. The van der Waals surface area contributed by atoms with E-state index in [0.717, 1.165) is 24.3 Å². The Hall–Kier alpha value is -1.59. The molecule has 0 spiro atoms. The fourth-order valence-electron chi connectivity index (χ4n) is 2.20. The highest BCUT2D eigenvalue weighted by Gasteiger charge is 2.19. The maximum absolute atomic E-state index is 12.0. The van der Waals surface area contributed by atoms with E-state index in [1.807, 2.05) is 26.0 Å². The summed E-state index contributed by atoms with van der Waals surface area (Å²) in [5, 5.41) is 2.91. The highest BCUT2D eigenvalue weighted by molar-refractivity contribution is 5.93. The van der Waals surface area contributed by atoms with Crippen LogP contribution in [0.15, 0.2) is 18.2 Å². The molecule has 1 amide bonds. The SMILES string of the molecule is Cc1ccc(N)cc1NC(=O)CN1CCOC(C)C1. The number of amides is 1. The molecule has 0 radical (unpaired) electrons. The van der Waals surface area contributed by atoms with E-state index in [1.54, 1.807) is 6.07 Å². The minimum Gasteiger partial charge on any atom is -0.399 e. The third kappa shape index (κ3) is 3.94. The van der Waals surface area contributed by atoms with Crippen LogP contribution in [0.3, 0.4) is 0 Å². The van der Waals surface area contributed by atoms with Gasteiger partial charge in [-0.3, -0.25) is 9.69 Å². The summed E-state index contributed by atoms with van der Waals surface area (Å²) in [6.45, 7) is 6.64. The van der Waals surface area contributed by atoms with Gasteiger partial charge < -0.3 is 15.8 Å². The van der Waals surface area contributed by atoms with Gasteiger partial charge in [0.15, 0.2) is 0 Å². The molecule has 1 aliphatic rings. The molecule has 5 heteroatoms. The van der Waals surface area contributed by atoms with Crippen LogP contribution in [-0.2, 0) is 9.53 Å². The standard InChI is InChI=1S/C14H21N3O2/c1-10-3-4-12(15)7-13(10)16-14(18)9-17-5-6-19-11(2)8-17/h3-4,7,11H,5-6,8-9,15H2,1-2H3,(H,16,18).